The molecule has 0 aliphatic carbocycles. The largest absolute Gasteiger partial charge is 0.243 e. The monoisotopic (exact) mass is 168 g/mol. The molecule has 1 heterocycles. The molecule has 0 fully saturated rings. The number of benzene rings is 1. The first kappa shape index (κ1) is 6.61. The number of hydrogen-bond acceptors (Lipinski definition) is 3. The van der Waals surface area contributed by atoms with Gasteiger partial charge < -0.3 is 0 Å². The van der Waals surface area contributed by atoms with Gasteiger partial charge in [0.05, 0.1) is 0 Å². The highest BCUT2D eigenvalue weighted by atomic mass is 35.5. The van der Waals surface area contributed by atoms with Crippen LogP contribution in [0.3, 0.4) is 0 Å². The van der Waals surface area contributed by atoms with E-state index < -0.39 is 0 Å². The highest BCUT2D eigenvalue weighted by Crippen LogP contribution is 2.12. The molecule has 0 N–H and O–H groups in total. The lowest BCUT2D eigenvalue weighted by atomic mass is 10.2. The zero-order chi connectivity index (χ0) is 7.68. The maximum absolute atomic E-state index is 5.62. The Morgan fingerprint density at radius 2 is 2.09 bits per heavy atom. The van der Waals surface area contributed by atoms with Crippen LogP contribution >= 0.6 is 11.6 Å². The highest BCUT2D eigenvalue weighted by molar-refractivity contribution is 6.17. The van der Waals surface area contributed by atoms with Gasteiger partial charge in [0.15, 0.2) is 0 Å². The summed E-state index contributed by atoms with van der Waals surface area (Å²) in [5, 5.41) is 7.35. The molecule has 0 radical (unpaired) electrons. The maximum Gasteiger partial charge on any atom is 0.135 e. The third kappa shape index (κ3) is 1.07. The average Bonchev–Trinajstić information content (AvgIpc) is 2.50. The minimum absolute atomic E-state index is 0.489. The molecule has 1 aromatic heterocycles. The van der Waals surface area contributed by atoms with Gasteiger partial charge in [0, 0.05) is 5.88 Å². The Labute approximate surface area is 67.9 Å². The zero-order valence-corrected chi connectivity index (χ0v) is 6.38. The molecule has 4 heteroatoms. The van der Waals surface area contributed by atoms with E-state index in [0.29, 0.717) is 5.88 Å². The van der Waals surface area contributed by atoms with E-state index in [2.05, 4.69) is 14.9 Å². The van der Waals surface area contributed by atoms with Crippen LogP contribution in [0, 0.1) is 0 Å². The van der Waals surface area contributed by atoms with Gasteiger partial charge in [-0.3, -0.25) is 0 Å². The van der Waals surface area contributed by atoms with E-state index in [4.69, 9.17) is 11.6 Å². The van der Waals surface area contributed by atoms with Gasteiger partial charge in [0.2, 0.25) is 0 Å². The standard InChI is InChI=1S/C7H5ClN2O/c8-4-5-1-2-6-7(3-5)10-11-9-6/h1-3H,4H2. The summed E-state index contributed by atoms with van der Waals surface area (Å²) in [6.07, 6.45) is 0. The number of alkyl halides is 1. The summed E-state index contributed by atoms with van der Waals surface area (Å²) in [5.74, 6) is 0.489. The molecule has 2 aromatic rings. The maximum atomic E-state index is 5.62. The average molecular weight is 169 g/mol. The Balaban J connectivity index is 2.67. The number of aromatic nitrogens is 2. The smallest absolute Gasteiger partial charge is 0.135 e. The topological polar surface area (TPSA) is 38.9 Å². The molecule has 0 aliphatic heterocycles. The van der Waals surface area contributed by atoms with E-state index in [9.17, 15) is 0 Å². The number of rotatable bonds is 1. The molecule has 2 rings (SSSR count). The van der Waals surface area contributed by atoms with Crippen LogP contribution < -0.4 is 0 Å². The van der Waals surface area contributed by atoms with Crippen LogP contribution in [0.1, 0.15) is 5.56 Å². The number of halogens is 1. The van der Waals surface area contributed by atoms with Crippen molar-refractivity contribution in [3.05, 3.63) is 23.8 Å². The van der Waals surface area contributed by atoms with Crippen molar-refractivity contribution in [2.45, 2.75) is 5.88 Å². The number of fused-ring (bicyclic) bond motifs is 1. The van der Waals surface area contributed by atoms with E-state index in [1.165, 1.54) is 0 Å². The SMILES string of the molecule is ClCc1ccc2nonc2c1. The zero-order valence-electron chi connectivity index (χ0n) is 5.62. The fraction of sp³-hybridized carbons (Fsp3) is 0.143. The van der Waals surface area contributed by atoms with Crippen LogP contribution in [0.2, 0.25) is 0 Å². The fourth-order valence-corrected chi connectivity index (χ4v) is 1.08. The quantitative estimate of drug-likeness (QED) is 0.611. The lowest BCUT2D eigenvalue weighted by Gasteiger charge is -1.90. The van der Waals surface area contributed by atoms with Crippen LogP contribution in [0.15, 0.2) is 22.8 Å². The Kier molecular flexibility index (Phi) is 1.51. The number of nitrogens with zero attached hydrogens (tertiary/aromatic N) is 2. The van der Waals surface area contributed by atoms with Gasteiger partial charge in [-0.1, -0.05) is 6.07 Å². The van der Waals surface area contributed by atoms with Crippen molar-refractivity contribution in [3.8, 4) is 0 Å². The van der Waals surface area contributed by atoms with E-state index in [0.717, 1.165) is 16.6 Å². The molecule has 0 saturated heterocycles. The summed E-state index contributed by atoms with van der Waals surface area (Å²) in [6.45, 7) is 0. The van der Waals surface area contributed by atoms with Crippen molar-refractivity contribution < 1.29 is 4.63 Å². The molecular formula is C7H5ClN2O. The van der Waals surface area contributed by atoms with Crippen molar-refractivity contribution in [2.24, 2.45) is 0 Å². The second-order valence-corrected chi connectivity index (χ2v) is 2.49. The predicted octanol–water partition coefficient (Wildman–Crippen LogP) is 1.96. The van der Waals surface area contributed by atoms with Crippen molar-refractivity contribution in [1.82, 2.24) is 10.3 Å². The van der Waals surface area contributed by atoms with Crippen LogP contribution in [-0.2, 0) is 5.88 Å². The predicted molar refractivity (Wildman–Crippen MR) is 41.4 cm³/mol. The summed E-state index contributed by atoms with van der Waals surface area (Å²) in [5.41, 5.74) is 2.54. The van der Waals surface area contributed by atoms with Crippen molar-refractivity contribution in [1.29, 1.82) is 0 Å². The minimum atomic E-state index is 0.489. The van der Waals surface area contributed by atoms with Gasteiger partial charge in [-0.05, 0) is 28.0 Å². The first-order valence-corrected chi connectivity index (χ1v) is 3.71. The molecule has 0 bridgehead atoms. The van der Waals surface area contributed by atoms with Crippen LogP contribution in [-0.4, -0.2) is 10.3 Å². The third-order valence-corrected chi connectivity index (χ3v) is 1.78. The summed E-state index contributed by atoms with van der Waals surface area (Å²) < 4.78 is 4.52. The summed E-state index contributed by atoms with van der Waals surface area (Å²) >= 11 is 5.62. The van der Waals surface area contributed by atoms with Gasteiger partial charge in [-0.15, -0.1) is 11.6 Å². The first-order chi connectivity index (χ1) is 5.40. The lowest BCUT2D eigenvalue weighted by Crippen LogP contribution is -1.76. The van der Waals surface area contributed by atoms with Crippen LogP contribution in [0.4, 0.5) is 0 Å². The molecule has 3 nitrogen and oxygen atoms in total. The molecule has 56 valence electrons. The molecule has 0 aliphatic rings. The molecule has 1 aromatic carbocycles. The summed E-state index contributed by atoms with van der Waals surface area (Å²) in [7, 11) is 0. The Morgan fingerprint density at radius 3 is 2.91 bits per heavy atom. The Morgan fingerprint density at radius 1 is 1.27 bits per heavy atom. The molecule has 0 saturated carbocycles. The molecular weight excluding hydrogens is 164 g/mol. The molecule has 0 unspecified atom stereocenters. The molecule has 0 spiro atoms. The Hall–Kier alpha value is -1.09. The minimum Gasteiger partial charge on any atom is -0.243 e. The van der Waals surface area contributed by atoms with Crippen LogP contribution in [0.5, 0.6) is 0 Å². The van der Waals surface area contributed by atoms with E-state index in [-0.39, 0.29) is 0 Å². The lowest BCUT2D eigenvalue weighted by molar-refractivity contribution is 0.315. The van der Waals surface area contributed by atoms with Gasteiger partial charge in [0.25, 0.3) is 0 Å². The third-order valence-electron chi connectivity index (χ3n) is 1.47. The van der Waals surface area contributed by atoms with E-state index >= 15 is 0 Å². The van der Waals surface area contributed by atoms with Gasteiger partial charge in [0.1, 0.15) is 11.0 Å². The molecule has 0 amide bonds. The van der Waals surface area contributed by atoms with Crippen molar-refractivity contribution >= 4 is 22.6 Å². The van der Waals surface area contributed by atoms with E-state index in [1.54, 1.807) is 0 Å². The highest BCUT2D eigenvalue weighted by Gasteiger charge is 1.99. The van der Waals surface area contributed by atoms with Crippen molar-refractivity contribution in [2.75, 3.05) is 0 Å². The van der Waals surface area contributed by atoms with Gasteiger partial charge >= 0.3 is 0 Å². The Bertz CT molecular complexity index is 371. The van der Waals surface area contributed by atoms with Gasteiger partial charge in [-0.2, -0.15) is 0 Å². The summed E-state index contributed by atoms with van der Waals surface area (Å²) in [6, 6.07) is 5.60. The molecule has 11 heavy (non-hydrogen) atoms. The van der Waals surface area contributed by atoms with Gasteiger partial charge in [-0.25, -0.2) is 4.63 Å². The molecule has 0 atom stereocenters. The second-order valence-electron chi connectivity index (χ2n) is 2.22. The normalized spacial score (nSPS) is 10.6. The summed E-state index contributed by atoms with van der Waals surface area (Å²) in [4.78, 5) is 0. The van der Waals surface area contributed by atoms with Crippen molar-refractivity contribution in [3.63, 3.8) is 0 Å². The fourth-order valence-electron chi connectivity index (χ4n) is 0.911. The van der Waals surface area contributed by atoms with Crippen LogP contribution in [0.25, 0.3) is 11.0 Å². The second kappa shape index (κ2) is 2.51. The first-order valence-electron chi connectivity index (χ1n) is 3.17. The van der Waals surface area contributed by atoms with E-state index in [1.807, 2.05) is 18.2 Å². The number of hydrogen-bond donors (Lipinski definition) is 0.